The summed E-state index contributed by atoms with van der Waals surface area (Å²) in [7, 11) is 0. The van der Waals surface area contributed by atoms with E-state index in [-0.39, 0.29) is 6.04 Å². The Bertz CT molecular complexity index is 581. The van der Waals surface area contributed by atoms with Gasteiger partial charge < -0.3 is 0 Å². The zero-order chi connectivity index (χ0) is 13.5. The van der Waals surface area contributed by atoms with Crippen molar-refractivity contribution in [3.63, 3.8) is 0 Å². The molecule has 0 fully saturated rings. The van der Waals surface area contributed by atoms with Crippen LogP contribution in [0.4, 0.5) is 0 Å². The van der Waals surface area contributed by atoms with Crippen molar-refractivity contribution in [3.8, 4) is 11.8 Å². The number of benzene rings is 2. The van der Waals surface area contributed by atoms with E-state index >= 15 is 0 Å². The van der Waals surface area contributed by atoms with Gasteiger partial charge in [-0.25, -0.2) is 0 Å². The zero-order valence-corrected chi connectivity index (χ0v) is 12.4. The molecule has 19 heavy (non-hydrogen) atoms. The second-order valence-electron chi connectivity index (χ2n) is 4.29. The molecule has 2 rings (SSSR count). The standard InChI is InChI=1S/C17H16BrN/c1-14(16-11-5-6-12-17(16)18)19-13-7-10-15-8-3-2-4-9-15/h2-6,8-9,11-12,14,19H,13H2,1H3/t14-/m1/s1. The van der Waals surface area contributed by atoms with Crippen LogP contribution >= 0.6 is 15.9 Å². The third-order valence-electron chi connectivity index (χ3n) is 2.87. The van der Waals surface area contributed by atoms with Crippen molar-refractivity contribution in [2.45, 2.75) is 13.0 Å². The van der Waals surface area contributed by atoms with Crippen LogP contribution in [0.15, 0.2) is 59.1 Å². The Morgan fingerprint density at radius 3 is 2.47 bits per heavy atom. The molecule has 2 heteroatoms. The molecule has 96 valence electrons. The van der Waals surface area contributed by atoms with E-state index in [1.54, 1.807) is 0 Å². The summed E-state index contributed by atoms with van der Waals surface area (Å²) < 4.78 is 1.13. The monoisotopic (exact) mass is 313 g/mol. The first-order valence-electron chi connectivity index (χ1n) is 6.29. The molecule has 2 aromatic rings. The van der Waals surface area contributed by atoms with Crippen LogP contribution < -0.4 is 5.32 Å². The lowest BCUT2D eigenvalue weighted by atomic mass is 10.1. The first kappa shape index (κ1) is 13.9. The molecule has 0 saturated carbocycles. The fourth-order valence-electron chi connectivity index (χ4n) is 1.81. The summed E-state index contributed by atoms with van der Waals surface area (Å²) >= 11 is 3.57. The summed E-state index contributed by atoms with van der Waals surface area (Å²) in [6.45, 7) is 2.82. The molecule has 0 saturated heterocycles. The highest BCUT2D eigenvalue weighted by Crippen LogP contribution is 2.22. The molecule has 0 unspecified atom stereocenters. The molecule has 1 nitrogen and oxygen atoms in total. The maximum absolute atomic E-state index is 3.57. The van der Waals surface area contributed by atoms with Gasteiger partial charge in [-0.15, -0.1) is 0 Å². The summed E-state index contributed by atoms with van der Waals surface area (Å²) in [5, 5.41) is 3.41. The Hall–Kier alpha value is -1.56. The SMILES string of the molecule is C[C@@H](NCC#Cc1ccccc1)c1ccccc1Br. The molecule has 0 aromatic heterocycles. The summed E-state index contributed by atoms with van der Waals surface area (Å²) in [4.78, 5) is 0. The molecular formula is C17H16BrN. The molecule has 0 amide bonds. The molecule has 0 aliphatic heterocycles. The fourth-order valence-corrected chi connectivity index (χ4v) is 2.44. The maximum atomic E-state index is 3.57. The van der Waals surface area contributed by atoms with Gasteiger partial charge in [0.25, 0.3) is 0 Å². The highest BCUT2D eigenvalue weighted by molar-refractivity contribution is 9.10. The van der Waals surface area contributed by atoms with E-state index in [0.29, 0.717) is 6.54 Å². The van der Waals surface area contributed by atoms with Crippen LogP contribution in [0.2, 0.25) is 0 Å². The van der Waals surface area contributed by atoms with Gasteiger partial charge in [0.05, 0.1) is 6.54 Å². The molecule has 0 spiro atoms. The molecule has 1 N–H and O–H groups in total. The number of hydrogen-bond acceptors (Lipinski definition) is 1. The number of hydrogen-bond donors (Lipinski definition) is 1. The highest BCUT2D eigenvalue weighted by atomic mass is 79.9. The van der Waals surface area contributed by atoms with Gasteiger partial charge in [-0.05, 0) is 30.7 Å². The minimum absolute atomic E-state index is 0.278. The number of nitrogens with one attached hydrogen (secondary N) is 1. The van der Waals surface area contributed by atoms with Crippen molar-refractivity contribution in [3.05, 3.63) is 70.2 Å². The summed E-state index contributed by atoms with van der Waals surface area (Å²) in [5.74, 6) is 6.29. The summed E-state index contributed by atoms with van der Waals surface area (Å²) in [6.07, 6.45) is 0. The quantitative estimate of drug-likeness (QED) is 0.839. The maximum Gasteiger partial charge on any atom is 0.0584 e. The van der Waals surface area contributed by atoms with Gasteiger partial charge in [-0.2, -0.15) is 0 Å². The Morgan fingerprint density at radius 1 is 1.05 bits per heavy atom. The molecule has 0 bridgehead atoms. The third-order valence-corrected chi connectivity index (χ3v) is 3.60. The lowest BCUT2D eigenvalue weighted by Crippen LogP contribution is -2.19. The first-order chi connectivity index (χ1) is 9.27. The molecule has 0 aliphatic rings. The second-order valence-corrected chi connectivity index (χ2v) is 5.15. The second kappa shape index (κ2) is 7.13. The van der Waals surface area contributed by atoms with Gasteiger partial charge in [0.2, 0.25) is 0 Å². The van der Waals surface area contributed by atoms with Crippen LogP contribution in [0.3, 0.4) is 0 Å². The number of halogens is 1. The van der Waals surface area contributed by atoms with Crippen molar-refractivity contribution in [2.75, 3.05) is 6.54 Å². The highest BCUT2D eigenvalue weighted by Gasteiger charge is 2.06. The smallest absolute Gasteiger partial charge is 0.0584 e. The van der Waals surface area contributed by atoms with Crippen LogP contribution in [0.25, 0.3) is 0 Å². The summed E-state index contributed by atoms with van der Waals surface area (Å²) in [6, 6.07) is 18.6. The zero-order valence-electron chi connectivity index (χ0n) is 10.9. The Labute approximate surface area is 123 Å². The Balaban J connectivity index is 1.90. The van der Waals surface area contributed by atoms with Gasteiger partial charge in [0.15, 0.2) is 0 Å². The van der Waals surface area contributed by atoms with Crippen molar-refractivity contribution < 1.29 is 0 Å². The van der Waals surface area contributed by atoms with Crippen molar-refractivity contribution >= 4 is 15.9 Å². The van der Waals surface area contributed by atoms with Crippen LogP contribution in [-0.4, -0.2) is 6.54 Å². The van der Waals surface area contributed by atoms with Crippen LogP contribution in [0.1, 0.15) is 24.1 Å². The minimum Gasteiger partial charge on any atom is -0.300 e. The van der Waals surface area contributed by atoms with Crippen molar-refractivity contribution in [2.24, 2.45) is 0 Å². The van der Waals surface area contributed by atoms with Crippen LogP contribution in [0.5, 0.6) is 0 Å². The van der Waals surface area contributed by atoms with Crippen molar-refractivity contribution in [1.82, 2.24) is 5.32 Å². The van der Waals surface area contributed by atoms with E-state index in [9.17, 15) is 0 Å². The lowest BCUT2D eigenvalue weighted by molar-refractivity contribution is 0.621. The molecule has 2 aromatic carbocycles. The van der Waals surface area contributed by atoms with Gasteiger partial charge in [0.1, 0.15) is 0 Å². The molecular weight excluding hydrogens is 298 g/mol. The largest absolute Gasteiger partial charge is 0.300 e. The average Bonchev–Trinajstić information content (AvgIpc) is 2.45. The third kappa shape index (κ3) is 4.24. The normalized spacial score (nSPS) is 11.5. The van der Waals surface area contributed by atoms with E-state index in [4.69, 9.17) is 0 Å². The predicted molar refractivity (Wildman–Crippen MR) is 83.9 cm³/mol. The van der Waals surface area contributed by atoms with E-state index in [0.717, 1.165) is 10.0 Å². The fraction of sp³-hybridized carbons (Fsp3) is 0.176. The van der Waals surface area contributed by atoms with Gasteiger partial charge >= 0.3 is 0 Å². The van der Waals surface area contributed by atoms with Gasteiger partial charge in [-0.3, -0.25) is 5.32 Å². The Kier molecular flexibility index (Phi) is 5.20. The lowest BCUT2D eigenvalue weighted by Gasteiger charge is -2.13. The van der Waals surface area contributed by atoms with E-state index in [1.165, 1.54) is 5.56 Å². The topological polar surface area (TPSA) is 12.0 Å². The minimum atomic E-state index is 0.278. The average molecular weight is 314 g/mol. The van der Waals surface area contributed by atoms with Crippen LogP contribution in [-0.2, 0) is 0 Å². The van der Waals surface area contributed by atoms with Crippen molar-refractivity contribution in [1.29, 1.82) is 0 Å². The summed E-state index contributed by atoms with van der Waals surface area (Å²) in [5.41, 5.74) is 2.31. The molecule has 1 atom stereocenters. The molecule has 0 aliphatic carbocycles. The molecule has 0 heterocycles. The van der Waals surface area contributed by atoms with Gasteiger partial charge in [0, 0.05) is 16.1 Å². The molecule has 0 radical (unpaired) electrons. The Morgan fingerprint density at radius 2 is 1.74 bits per heavy atom. The van der Waals surface area contributed by atoms with E-state index in [2.05, 4.69) is 52.1 Å². The predicted octanol–water partition coefficient (Wildman–Crippen LogP) is 4.15. The van der Waals surface area contributed by atoms with E-state index in [1.807, 2.05) is 42.5 Å². The van der Waals surface area contributed by atoms with Gasteiger partial charge in [-0.1, -0.05) is 64.2 Å². The number of rotatable bonds is 3. The first-order valence-corrected chi connectivity index (χ1v) is 7.08. The van der Waals surface area contributed by atoms with E-state index < -0.39 is 0 Å². The van der Waals surface area contributed by atoms with Crippen LogP contribution in [0, 0.1) is 11.8 Å².